The molecule has 0 amide bonds. The first-order valence-electron chi connectivity index (χ1n) is 6.83. The Hall–Kier alpha value is -0.340. The van der Waals surface area contributed by atoms with Crippen molar-refractivity contribution in [1.29, 1.82) is 0 Å². The molecule has 2 unspecified atom stereocenters. The summed E-state index contributed by atoms with van der Waals surface area (Å²) in [6.07, 6.45) is 6.73. The molecule has 2 rings (SSSR count). The van der Waals surface area contributed by atoms with Gasteiger partial charge in [0.2, 0.25) is 0 Å². The number of hydrogen-bond acceptors (Lipinski definition) is 2. The summed E-state index contributed by atoms with van der Waals surface area (Å²) < 4.78 is 0. The van der Waals surface area contributed by atoms with Crippen LogP contribution in [-0.4, -0.2) is 13.1 Å². The Labute approximate surface area is 110 Å². The molecule has 1 N–H and O–H groups in total. The monoisotopic (exact) mass is 251 g/mol. The topological polar surface area (TPSA) is 12.0 Å². The molecule has 0 radical (unpaired) electrons. The Bertz CT molecular complexity index is 329. The molecule has 0 saturated heterocycles. The highest BCUT2D eigenvalue weighted by molar-refractivity contribution is 7.09. The molecular weight excluding hydrogens is 226 g/mol. The third kappa shape index (κ3) is 3.11. The van der Waals surface area contributed by atoms with Crippen molar-refractivity contribution in [1.82, 2.24) is 5.32 Å². The summed E-state index contributed by atoms with van der Waals surface area (Å²) in [5.74, 6) is 0.854. The van der Waals surface area contributed by atoms with Crippen LogP contribution in [0, 0.1) is 11.3 Å². The molecule has 1 aliphatic rings. The SMILES string of the molecule is CNC(CCc1cccs1)C1CCCC1(C)C. The molecule has 1 saturated carbocycles. The summed E-state index contributed by atoms with van der Waals surface area (Å²) in [6.45, 7) is 4.89. The average Bonchev–Trinajstić information content (AvgIpc) is 2.90. The third-order valence-electron chi connectivity index (χ3n) is 4.48. The van der Waals surface area contributed by atoms with Gasteiger partial charge in [-0.1, -0.05) is 26.3 Å². The van der Waals surface area contributed by atoms with Gasteiger partial charge in [0.05, 0.1) is 0 Å². The van der Waals surface area contributed by atoms with Crippen molar-refractivity contribution >= 4 is 11.3 Å². The Morgan fingerprint density at radius 3 is 2.88 bits per heavy atom. The molecule has 1 heterocycles. The molecule has 1 aromatic heterocycles. The van der Waals surface area contributed by atoms with Crippen molar-refractivity contribution in [3.05, 3.63) is 22.4 Å². The summed E-state index contributed by atoms with van der Waals surface area (Å²) in [6, 6.07) is 5.11. The molecule has 0 aliphatic heterocycles. The van der Waals surface area contributed by atoms with Gasteiger partial charge in [-0.2, -0.15) is 0 Å². The minimum atomic E-state index is 0.531. The van der Waals surface area contributed by atoms with E-state index in [0.29, 0.717) is 11.5 Å². The molecule has 0 aromatic carbocycles. The van der Waals surface area contributed by atoms with Gasteiger partial charge in [0.25, 0.3) is 0 Å². The summed E-state index contributed by atoms with van der Waals surface area (Å²) in [5, 5.41) is 5.75. The summed E-state index contributed by atoms with van der Waals surface area (Å²) in [5.41, 5.74) is 0.531. The zero-order valence-electron chi connectivity index (χ0n) is 11.3. The van der Waals surface area contributed by atoms with E-state index in [4.69, 9.17) is 0 Å². The molecule has 2 atom stereocenters. The van der Waals surface area contributed by atoms with Gasteiger partial charge in [-0.05, 0) is 55.5 Å². The van der Waals surface area contributed by atoms with Gasteiger partial charge in [0.15, 0.2) is 0 Å². The minimum Gasteiger partial charge on any atom is -0.317 e. The van der Waals surface area contributed by atoms with Crippen molar-refractivity contribution in [3.63, 3.8) is 0 Å². The van der Waals surface area contributed by atoms with E-state index in [9.17, 15) is 0 Å². The Morgan fingerprint density at radius 2 is 2.35 bits per heavy atom. The van der Waals surface area contributed by atoms with Gasteiger partial charge >= 0.3 is 0 Å². The third-order valence-corrected chi connectivity index (χ3v) is 5.41. The molecule has 1 nitrogen and oxygen atoms in total. The predicted molar refractivity (Wildman–Crippen MR) is 76.6 cm³/mol. The first-order chi connectivity index (χ1) is 8.13. The van der Waals surface area contributed by atoms with E-state index in [0.717, 1.165) is 5.92 Å². The number of thiophene rings is 1. The van der Waals surface area contributed by atoms with E-state index in [1.54, 1.807) is 0 Å². The maximum atomic E-state index is 3.57. The van der Waals surface area contributed by atoms with Gasteiger partial charge < -0.3 is 5.32 Å². The molecule has 1 aromatic rings. The van der Waals surface area contributed by atoms with E-state index in [-0.39, 0.29) is 0 Å². The zero-order valence-corrected chi connectivity index (χ0v) is 12.1. The van der Waals surface area contributed by atoms with Gasteiger partial charge in [0, 0.05) is 10.9 Å². The van der Waals surface area contributed by atoms with Crippen LogP contribution in [0.15, 0.2) is 17.5 Å². The lowest BCUT2D eigenvalue weighted by atomic mass is 9.76. The van der Waals surface area contributed by atoms with Crippen molar-refractivity contribution in [2.24, 2.45) is 11.3 Å². The second-order valence-corrected chi connectivity index (χ2v) is 7.03. The molecule has 1 aliphatic carbocycles. The van der Waals surface area contributed by atoms with Crippen molar-refractivity contribution in [3.8, 4) is 0 Å². The fourth-order valence-electron chi connectivity index (χ4n) is 3.40. The molecular formula is C15H25NS. The van der Waals surface area contributed by atoms with E-state index < -0.39 is 0 Å². The van der Waals surface area contributed by atoms with Crippen molar-refractivity contribution in [2.75, 3.05) is 7.05 Å². The minimum absolute atomic E-state index is 0.531. The maximum Gasteiger partial charge on any atom is 0.0101 e. The zero-order chi connectivity index (χ0) is 12.3. The van der Waals surface area contributed by atoms with E-state index in [2.05, 4.69) is 43.7 Å². The lowest BCUT2D eigenvalue weighted by molar-refractivity contribution is 0.196. The average molecular weight is 251 g/mol. The fraction of sp³-hybridized carbons (Fsp3) is 0.733. The molecule has 17 heavy (non-hydrogen) atoms. The second kappa shape index (κ2) is 5.53. The van der Waals surface area contributed by atoms with Crippen LogP contribution in [0.1, 0.15) is 44.4 Å². The Balaban J connectivity index is 1.92. The Kier molecular flexibility index (Phi) is 4.26. The highest BCUT2D eigenvalue weighted by Gasteiger charge is 2.38. The Morgan fingerprint density at radius 1 is 1.53 bits per heavy atom. The lowest BCUT2D eigenvalue weighted by Gasteiger charge is -2.34. The summed E-state index contributed by atoms with van der Waals surface area (Å²) in [4.78, 5) is 1.53. The first-order valence-corrected chi connectivity index (χ1v) is 7.71. The summed E-state index contributed by atoms with van der Waals surface area (Å²) in [7, 11) is 2.13. The highest BCUT2D eigenvalue weighted by Crippen LogP contribution is 2.45. The van der Waals surface area contributed by atoms with E-state index in [1.165, 1.54) is 37.0 Å². The molecule has 96 valence electrons. The smallest absolute Gasteiger partial charge is 0.0101 e. The fourth-order valence-corrected chi connectivity index (χ4v) is 4.12. The van der Waals surface area contributed by atoms with Crippen molar-refractivity contribution in [2.45, 2.75) is 52.0 Å². The summed E-state index contributed by atoms with van der Waals surface area (Å²) >= 11 is 1.89. The van der Waals surface area contributed by atoms with Crippen LogP contribution < -0.4 is 5.32 Å². The largest absolute Gasteiger partial charge is 0.317 e. The van der Waals surface area contributed by atoms with Crippen molar-refractivity contribution < 1.29 is 0 Å². The van der Waals surface area contributed by atoms with Crippen LogP contribution in [0.2, 0.25) is 0 Å². The van der Waals surface area contributed by atoms with Crippen LogP contribution in [0.5, 0.6) is 0 Å². The van der Waals surface area contributed by atoms with Crippen LogP contribution in [0.3, 0.4) is 0 Å². The first kappa shape index (κ1) is 13.1. The van der Waals surface area contributed by atoms with E-state index >= 15 is 0 Å². The van der Waals surface area contributed by atoms with Crippen LogP contribution in [-0.2, 0) is 6.42 Å². The predicted octanol–water partition coefficient (Wildman–Crippen LogP) is 4.10. The number of rotatable bonds is 5. The van der Waals surface area contributed by atoms with Crippen LogP contribution >= 0.6 is 11.3 Å². The lowest BCUT2D eigenvalue weighted by Crippen LogP contribution is -2.39. The van der Waals surface area contributed by atoms with Crippen LogP contribution in [0.4, 0.5) is 0 Å². The molecule has 0 spiro atoms. The van der Waals surface area contributed by atoms with Gasteiger partial charge in [-0.15, -0.1) is 11.3 Å². The van der Waals surface area contributed by atoms with Crippen LogP contribution in [0.25, 0.3) is 0 Å². The number of hydrogen-bond donors (Lipinski definition) is 1. The van der Waals surface area contributed by atoms with Gasteiger partial charge in [-0.3, -0.25) is 0 Å². The molecule has 0 bridgehead atoms. The normalized spacial score (nSPS) is 25.0. The van der Waals surface area contributed by atoms with Gasteiger partial charge in [0.1, 0.15) is 0 Å². The maximum absolute atomic E-state index is 3.57. The quantitative estimate of drug-likeness (QED) is 0.831. The van der Waals surface area contributed by atoms with E-state index in [1.807, 2.05) is 11.3 Å². The standard InChI is InChI=1S/C15H25NS/c1-15(2)10-4-7-13(15)14(16-3)9-8-12-6-5-11-17-12/h5-6,11,13-14,16H,4,7-10H2,1-3H3. The molecule has 2 heteroatoms. The highest BCUT2D eigenvalue weighted by atomic mass is 32.1. The number of nitrogens with one attached hydrogen (secondary N) is 1. The number of aryl methyl sites for hydroxylation is 1. The van der Waals surface area contributed by atoms with Gasteiger partial charge in [-0.25, -0.2) is 0 Å². The molecule has 1 fully saturated rings. The second-order valence-electron chi connectivity index (χ2n) is 6.00.